The topological polar surface area (TPSA) is 100 Å². The number of likely N-dealkylation sites (tertiary alicyclic amines) is 1. The number of carbonyl (C=O) groups is 2. The van der Waals surface area contributed by atoms with Crippen molar-refractivity contribution >= 4 is 40.0 Å². The molecular weight excluding hydrogens is 497 g/mol. The molecule has 0 radical (unpaired) electrons. The van der Waals surface area contributed by atoms with Crippen LogP contribution < -0.4 is 10.1 Å². The lowest BCUT2D eigenvalue weighted by Crippen LogP contribution is -2.38. The van der Waals surface area contributed by atoms with Crippen LogP contribution in [-0.2, 0) is 11.2 Å². The van der Waals surface area contributed by atoms with E-state index in [1.807, 2.05) is 36.4 Å². The first-order chi connectivity index (χ1) is 17.9. The van der Waals surface area contributed by atoms with E-state index in [-0.39, 0.29) is 29.7 Å². The molecule has 2 aromatic heterocycles. The third-order valence-electron chi connectivity index (χ3n) is 6.65. The molecule has 2 amide bonds. The number of aromatic amines is 1. The van der Waals surface area contributed by atoms with Gasteiger partial charge in [0.1, 0.15) is 5.52 Å². The number of amides is 2. The second kappa shape index (κ2) is 10.6. The summed E-state index contributed by atoms with van der Waals surface area (Å²) in [5.74, 6) is -0.889. The highest BCUT2D eigenvalue weighted by atomic mass is 35.5. The number of fused-ring (bicyclic) bond motifs is 1. The average molecular weight is 522 g/mol. The molecule has 2 aromatic carbocycles. The molecular formula is C27H25ClFN5O3. The number of hydrogen-bond donors (Lipinski definition) is 2. The molecule has 0 unspecified atom stereocenters. The van der Waals surface area contributed by atoms with Crippen LogP contribution in [0.25, 0.3) is 10.9 Å². The fraction of sp³-hybridized carbons (Fsp3) is 0.259. The largest absolute Gasteiger partial charge is 0.479 e. The van der Waals surface area contributed by atoms with Crippen LogP contribution in [-0.4, -0.2) is 52.1 Å². The molecule has 5 rings (SSSR count). The molecule has 0 atom stereocenters. The third-order valence-corrected chi connectivity index (χ3v) is 6.95. The number of benzene rings is 2. The zero-order valence-corrected chi connectivity index (χ0v) is 20.9. The molecule has 3 heterocycles. The Bertz CT molecular complexity index is 1450. The minimum atomic E-state index is -0.655. The number of H-pyrrole nitrogens is 1. The quantitative estimate of drug-likeness (QED) is 0.373. The number of para-hydroxylation sites is 1. The van der Waals surface area contributed by atoms with Gasteiger partial charge in [0.2, 0.25) is 11.8 Å². The molecule has 8 nitrogen and oxygen atoms in total. The minimum absolute atomic E-state index is 0.130. The molecule has 0 aliphatic carbocycles. The smallest absolute Gasteiger partial charge is 0.255 e. The number of piperidine rings is 1. The number of carbonyl (C=O) groups excluding carboxylic acids is 2. The number of anilines is 1. The van der Waals surface area contributed by atoms with Crippen molar-refractivity contribution in [3.8, 4) is 5.88 Å². The molecule has 1 saturated heterocycles. The predicted molar refractivity (Wildman–Crippen MR) is 139 cm³/mol. The van der Waals surface area contributed by atoms with Crippen molar-refractivity contribution in [2.24, 2.45) is 0 Å². The molecule has 1 fully saturated rings. The molecule has 2 N–H and O–H groups in total. The van der Waals surface area contributed by atoms with Crippen LogP contribution in [0.2, 0.25) is 5.02 Å². The summed E-state index contributed by atoms with van der Waals surface area (Å²) < 4.78 is 18.8. The van der Waals surface area contributed by atoms with Gasteiger partial charge < -0.3 is 15.0 Å². The lowest BCUT2D eigenvalue weighted by atomic mass is 9.89. The highest BCUT2D eigenvalue weighted by Crippen LogP contribution is 2.30. The number of aromatic nitrogens is 3. The van der Waals surface area contributed by atoms with Crippen LogP contribution in [0.5, 0.6) is 5.88 Å². The zero-order chi connectivity index (χ0) is 25.9. The van der Waals surface area contributed by atoms with Crippen LogP contribution in [0.1, 0.15) is 40.4 Å². The molecule has 190 valence electrons. The molecule has 0 bridgehead atoms. The van der Waals surface area contributed by atoms with Gasteiger partial charge in [0.05, 0.1) is 29.8 Å². The summed E-state index contributed by atoms with van der Waals surface area (Å²) in [6.07, 6.45) is 3.07. The minimum Gasteiger partial charge on any atom is -0.479 e. The van der Waals surface area contributed by atoms with Gasteiger partial charge >= 0.3 is 0 Å². The number of hydrogen-bond acceptors (Lipinski definition) is 5. The van der Waals surface area contributed by atoms with Crippen LogP contribution >= 0.6 is 11.6 Å². The first-order valence-corrected chi connectivity index (χ1v) is 12.3. The van der Waals surface area contributed by atoms with Gasteiger partial charge in [-0.1, -0.05) is 35.9 Å². The zero-order valence-electron chi connectivity index (χ0n) is 20.1. The fourth-order valence-corrected chi connectivity index (χ4v) is 4.90. The third kappa shape index (κ3) is 5.27. The summed E-state index contributed by atoms with van der Waals surface area (Å²) in [5.41, 5.74) is 3.43. The van der Waals surface area contributed by atoms with Crippen LogP contribution in [0.3, 0.4) is 0 Å². The monoisotopic (exact) mass is 521 g/mol. The predicted octanol–water partition coefficient (Wildman–Crippen LogP) is 4.96. The van der Waals surface area contributed by atoms with Crippen LogP contribution in [0.15, 0.2) is 54.7 Å². The maximum Gasteiger partial charge on any atom is 0.255 e. The fourth-order valence-electron chi connectivity index (χ4n) is 4.69. The summed E-state index contributed by atoms with van der Waals surface area (Å²) in [7, 11) is 1.33. The number of ether oxygens (including phenoxy) is 1. The number of halogens is 2. The molecule has 37 heavy (non-hydrogen) atoms. The van der Waals surface area contributed by atoms with Crippen molar-refractivity contribution in [1.29, 1.82) is 0 Å². The van der Waals surface area contributed by atoms with Gasteiger partial charge in [-0.05, 0) is 48.6 Å². The summed E-state index contributed by atoms with van der Waals surface area (Å²) in [6.45, 7) is 1.13. The number of nitrogens with one attached hydrogen (secondary N) is 2. The Kier molecular flexibility index (Phi) is 7.05. The maximum absolute atomic E-state index is 14.0. The molecule has 0 spiro atoms. The number of methoxy groups -OCH3 is 1. The van der Waals surface area contributed by atoms with E-state index in [9.17, 15) is 14.0 Å². The Morgan fingerprint density at radius 3 is 2.65 bits per heavy atom. The van der Waals surface area contributed by atoms with Crippen molar-refractivity contribution in [1.82, 2.24) is 20.1 Å². The SMILES string of the molecule is COc1ncc(C(=O)N2CCC(c3ccc(NC(=O)Cc4[nH]nc5c(Cl)cccc45)cc3)CC2)cc1F. The molecule has 1 aliphatic heterocycles. The van der Waals surface area contributed by atoms with Crippen molar-refractivity contribution in [2.45, 2.75) is 25.2 Å². The second-order valence-corrected chi connectivity index (χ2v) is 9.37. The van der Waals surface area contributed by atoms with Gasteiger partial charge in [-0.15, -0.1) is 0 Å². The Morgan fingerprint density at radius 1 is 1.19 bits per heavy atom. The normalized spacial score (nSPS) is 14.1. The Labute approximate surface area is 217 Å². The van der Waals surface area contributed by atoms with E-state index in [0.717, 1.165) is 29.9 Å². The van der Waals surface area contributed by atoms with E-state index in [4.69, 9.17) is 16.3 Å². The van der Waals surface area contributed by atoms with Gasteiger partial charge in [0, 0.05) is 30.4 Å². The highest BCUT2D eigenvalue weighted by molar-refractivity contribution is 6.35. The molecule has 1 aliphatic rings. The molecule has 0 saturated carbocycles. The van der Waals surface area contributed by atoms with Gasteiger partial charge in [-0.25, -0.2) is 9.37 Å². The van der Waals surface area contributed by atoms with Crippen molar-refractivity contribution in [2.75, 3.05) is 25.5 Å². The number of pyridine rings is 1. The summed E-state index contributed by atoms with van der Waals surface area (Å²) in [6, 6.07) is 14.4. The van der Waals surface area contributed by atoms with E-state index >= 15 is 0 Å². The highest BCUT2D eigenvalue weighted by Gasteiger charge is 2.25. The van der Waals surface area contributed by atoms with Crippen molar-refractivity contribution < 1.29 is 18.7 Å². The van der Waals surface area contributed by atoms with E-state index in [1.54, 1.807) is 11.0 Å². The second-order valence-electron chi connectivity index (χ2n) is 8.97. The number of nitrogens with zero attached hydrogens (tertiary/aromatic N) is 3. The van der Waals surface area contributed by atoms with E-state index in [1.165, 1.54) is 13.3 Å². The average Bonchev–Trinajstić information content (AvgIpc) is 3.32. The van der Waals surface area contributed by atoms with Gasteiger partial charge in [-0.3, -0.25) is 14.7 Å². The maximum atomic E-state index is 14.0. The van der Waals surface area contributed by atoms with Gasteiger partial charge in [0.25, 0.3) is 5.91 Å². The molecule has 4 aromatic rings. The summed E-state index contributed by atoms with van der Waals surface area (Å²) in [4.78, 5) is 31.0. The van der Waals surface area contributed by atoms with Crippen LogP contribution in [0.4, 0.5) is 10.1 Å². The van der Waals surface area contributed by atoms with Gasteiger partial charge in [0.15, 0.2) is 5.82 Å². The van der Waals surface area contributed by atoms with Gasteiger partial charge in [-0.2, -0.15) is 5.10 Å². The first-order valence-electron chi connectivity index (χ1n) is 11.9. The van der Waals surface area contributed by atoms with Crippen molar-refractivity contribution in [3.63, 3.8) is 0 Å². The standard InChI is InChI=1S/C27H25ClFN5O3/c1-37-26-22(29)13-18(15-30-26)27(36)34-11-9-17(10-12-34)16-5-7-19(8-6-16)31-24(35)14-23-20-3-2-4-21(28)25(20)33-32-23/h2-8,13,15,17H,9-12,14H2,1H3,(H,31,35)(H,32,33). The number of rotatable bonds is 6. The van der Waals surface area contributed by atoms with Crippen LogP contribution in [0, 0.1) is 5.82 Å². The Hall–Kier alpha value is -3.98. The van der Waals surface area contributed by atoms with E-state index < -0.39 is 5.82 Å². The Morgan fingerprint density at radius 2 is 1.95 bits per heavy atom. The molecule has 10 heteroatoms. The van der Waals surface area contributed by atoms with Crippen molar-refractivity contribution in [3.05, 3.63) is 82.4 Å². The Balaban J connectivity index is 1.15. The lowest BCUT2D eigenvalue weighted by molar-refractivity contribution is -0.115. The first kappa shape index (κ1) is 24.7. The van der Waals surface area contributed by atoms with E-state index in [0.29, 0.717) is 40.9 Å². The van der Waals surface area contributed by atoms with E-state index in [2.05, 4.69) is 20.5 Å². The summed E-state index contributed by atoms with van der Waals surface area (Å²) in [5, 5.41) is 11.4. The summed E-state index contributed by atoms with van der Waals surface area (Å²) >= 11 is 6.16. The lowest BCUT2D eigenvalue weighted by Gasteiger charge is -2.32.